The largest absolute Gasteiger partial charge is 0.379 e. The van der Waals surface area contributed by atoms with E-state index in [0.717, 1.165) is 73.7 Å². The number of pyridine rings is 1. The van der Waals surface area contributed by atoms with Crippen LogP contribution in [0, 0.1) is 12.8 Å². The van der Waals surface area contributed by atoms with Gasteiger partial charge in [-0.25, -0.2) is 4.68 Å². The average molecular weight is 530 g/mol. The Morgan fingerprint density at radius 3 is 2.62 bits per heavy atom. The molecule has 0 radical (unpaired) electrons. The van der Waals surface area contributed by atoms with Crippen LogP contribution in [0.1, 0.15) is 42.4 Å². The number of para-hydroxylation sites is 1. The van der Waals surface area contributed by atoms with Crippen molar-refractivity contribution in [1.29, 1.82) is 0 Å². The van der Waals surface area contributed by atoms with Gasteiger partial charge in [0.05, 0.1) is 24.8 Å². The number of nitrogens with zero attached hydrogens (tertiary/aromatic N) is 6. The smallest absolute Gasteiger partial charge is 0.252 e. The monoisotopic (exact) mass is 529 g/mol. The summed E-state index contributed by atoms with van der Waals surface area (Å²) in [6, 6.07) is 18.5. The maximum atomic E-state index is 13.3. The summed E-state index contributed by atoms with van der Waals surface area (Å²) in [5, 5.41) is 14.0. The van der Waals surface area contributed by atoms with Crippen LogP contribution in [-0.2, 0) is 24.2 Å². The summed E-state index contributed by atoms with van der Waals surface area (Å²) >= 11 is 0. The van der Waals surface area contributed by atoms with E-state index in [4.69, 9.17) is 4.74 Å². The van der Waals surface area contributed by atoms with Gasteiger partial charge in [0.2, 0.25) is 0 Å². The molecule has 1 N–H and O–H groups in total. The van der Waals surface area contributed by atoms with Crippen molar-refractivity contribution in [2.45, 2.75) is 46.3 Å². The number of hydrogen-bond donors (Lipinski definition) is 1. The minimum absolute atomic E-state index is 0.0423. The summed E-state index contributed by atoms with van der Waals surface area (Å²) in [7, 11) is 0. The van der Waals surface area contributed by atoms with Crippen LogP contribution in [0.4, 0.5) is 0 Å². The highest BCUT2D eigenvalue weighted by Gasteiger charge is 2.30. The Morgan fingerprint density at radius 1 is 1.05 bits per heavy atom. The summed E-state index contributed by atoms with van der Waals surface area (Å²) < 4.78 is 7.50. The van der Waals surface area contributed by atoms with Crippen molar-refractivity contribution in [3.63, 3.8) is 0 Å². The molecule has 5 rings (SSSR count). The molecule has 9 nitrogen and oxygen atoms in total. The zero-order valence-corrected chi connectivity index (χ0v) is 23.2. The van der Waals surface area contributed by atoms with Crippen molar-refractivity contribution in [1.82, 2.24) is 35.0 Å². The molecule has 9 heteroatoms. The molecule has 0 spiro atoms. The average Bonchev–Trinajstić information content (AvgIpc) is 3.40. The van der Waals surface area contributed by atoms with Crippen LogP contribution in [0.15, 0.2) is 59.4 Å². The van der Waals surface area contributed by atoms with E-state index in [1.165, 1.54) is 5.56 Å². The van der Waals surface area contributed by atoms with E-state index in [1.54, 1.807) is 0 Å². The highest BCUT2D eigenvalue weighted by Crippen LogP contribution is 2.29. The summed E-state index contributed by atoms with van der Waals surface area (Å²) in [5.74, 6) is 1.08. The molecule has 0 saturated carbocycles. The molecule has 206 valence electrons. The summed E-state index contributed by atoms with van der Waals surface area (Å²) in [6.07, 6.45) is 0.848. The number of H-pyrrole nitrogens is 1. The van der Waals surface area contributed by atoms with Gasteiger partial charge in [-0.2, -0.15) is 0 Å². The van der Waals surface area contributed by atoms with Gasteiger partial charge < -0.3 is 9.72 Å². The Kier molecular flexibility index (Phi) is 8.81. The molecular weight excluding hydrogens is 490 g/mol. The number of benzene rings is 2. The lowest BCUT2D eigenvalue weighted by atomic mass is 10.00. The highest BCUT2D eigenvalue weighted by atomic mass is 16.5. The number of nitrogens with one attached hydrogen (secondary N) is 1. The number of fused-ring (bicyclic) bond motifs is 1. The molecule has 1 aliphatic rings. The first kappa shape index (κ1) is 27.2. The molecular formula is C30H39N7O2. The molecule has 0 amide bonds. The summed E-state index contributed by atoms with van der Waals surface area (Å²) in [4.78, 5) is 21.2. The SMILES string of the molecule is Cc1cccc2cc(CN(CCN3CCOCC3)[C@@H](c3nnnn3CCc3ccccc3)C(C)C)c(=O)[nH]c12. The quantitative estimate of drug-likeness (QED) is 0.317. The molecule has 0 aliphatic carbocycles. The van der Waals surface area contributed by atoms with E-state index in [1.807, 2.05) is 35.9 Å². The van der Waals surface area contributed by atoms with E-state index in [9.17, 15) is 4.79 Å². The second-order valence-corrected chi connectivity index (χ2v) is 10.8. The normalized spacial score (nSPS) is 15.4. The van der Waals surface area contributed by atoms with Crippen LogP contribution in [0.5, 0.6) is 0 Å². The molecule has 4 aromatic rings. The molecule has 0 bridgehead atoms. The summed E-state index contributed by atoms with van der Waals surface area (Å²) in [5.41, 5.74) is 3.93. The molecule has 39 heavy (non-hydrogen) atoms. The lowest BCUT2D eigenvalue weighted by Gasteiger charge is -2.36. The number of hydrogen-bond acceptors (Lipinski definition) is 7. The van der Waals surface area contributed by atoms with Gasteiger partial charge in [0, 0.05) is 44.8 Å². The molecule has 1 fully saturated rings. The highest BCUT2D eigenvalue weighted by molar-refractivity contribution is 5.81. The van der Waals surface area contributed by atoms with Crippen molar-refractivity contribution in [2.75, 3.05) is 39.4 Å². The summed E-state index contributed by atoms with van der Waals surface area (Å²) in [6.45, 7) is 12.7. The number of aromatic amines is 1. The van der Waals surface area contributed by atoms with Gasteiger partial charge >= 0.3 is 0 Å². The van der Waals surface area contributed by atoms with E-state index < -0.39 is 0 Å². The lowest BCUT2D eigenvalue weighted by molar-refractivity contribution is 0.0268. The van der Waals surface area contributed by atoms with E-state index in [2.05, 4.69) is 74.5 Å². The first-order valence-corrected chi connectivity index (χ1v) is 14.0. The third-order valence-electron chi connectivity index (χ3n) is 7.65. The van der Waals surface area contributed by atoms with Crippen molar-refractivity contribution < 1.29 is 4.74 Å². The molecule has 0 unspecified atom stereocenters. The predicted octanol–water partition coefficient (Wildman–Crippen LogP) is 3.60. The van der Waals surface area contributed by atoms with Gasteiger partial charge in [0.1, 0.15) is 0 Å². The maximum absolute atomic E-state index is 13.3. The third kappa shape index (κ3) is 6.61. The fourth-order valence-corrected chi connectivity index (χ4v) is 5.52. The van der Waals surface area contributed by atoms with Gasteiger partial charge in [-0.15, -0.1) is 5.10 Å². The van der Waals surface area contributed by atoms with Gasteiger partial charge in [-0.1, -0.05) is 62.4 Å². The topological polar surface area (TPSA) is 92.2 Å². The Labute approximate surface area is 229 Å². The van der Waals surface area contributed by atoms with Gasteiger partial charge in [0.15, 0.2) is 5.82 Å². The van der Waals surface area contributed by atoms with Gasteiger partial charge in [-0.05, 0) is 52.3 Å². The Bertz CT molecular complexity index is 1410. The fraction of sp³-hybridized carbons (Fsp3) is 0.467. The zero-order chi connectivity index (χ0) is 27.2. The minimum atomic E-state index is -0.0515. The van der Waals surface area contributed by atoms with Crippen LogP contribution in [-0.4, -0.2) is 74.4 Å². The van der Waals surface area contributed by atoms with Crippen LogP contribution < -0.4 is 5.56 Å². The molecule has 2 aromatic carbocycles. The first-order valence-electron chi connectivity index (χ1n) is 14.0. The standard InChI is InChI=1S/C30H39N7O2/c1-22(2)28(29-32-33-34-37(29)13-12-24-9-5-4-6-10-24)36(15-14-35-16-18-39-19-17-35)21-26-20-25-11-7-8-23(3)27(25)31-30(26)38/h4-11,20,22,28H,12-19,21H2,1-3H3,(H,31,38)/t28-/m1/s1. The molecule has 1 aliphatic heterocycles. The Balaban J connectivity index is 1.45. The lowest BCUT2D eigenvalue weighted by Crippen LogP contribution is -2.44. The Hall–Kier alpha value is -3.40. The van der Waals surface area contributed by atoms with Crippen molar-refractivity contribution in [3.8, 4) is 0 Å². The van der Waals surface area contributed by atoms with Crippen molar-refractivity contribution >= 4 is 10.9 Å². The van der Waals surface area contributed by atoms with E-state index >= 15 is 0 Å². The second kappa shape index (κ2) is 12.6. The molecule has 1 atom stereocenters. The first-order chi connectivity index (χ1) is 19.0. The van der Waals surface area contributed by atoms with E-state index in [-0.39, 0.29) is 17.5 Å². The molecule has 1 saturated heterocycles. The third-order valence-corrected chi connectivity index (χ3v) is 7.65. The van der Waals surface area contributed by atoms with Gasteiger partial charge in [-0.3, -0.25) is 14.6 Å². The maximum Gasteiger partial charge on any atom is 0.252 e. The fourth-order valence-electron chi connectivity index (χ4n) is 5.52. The van der Waals surface area contributed by atoms with Crippen LogP contribution in [0.25, 0.3) is 10.9 Å². The number of aromatic nitrogens is 5. The van der Waals surface area contributed by atoms with Crippen LogP contribution >= 0.6 is 0 Å². The number of ether oxygens (including phenoxy) is 1. The van der Waals surface area contributed by atoms with Crippen LogP contribution in [0.3, 0.4) is 0 Å². The molecule has 2 aromatic heterocycles. The van der Waals surface area contributed by atoms with Crippen molar-refractivity contribution in [2.24, 2.45) is 5.92 Å². The predicted molar refractivity (Wildman–Crippen MR) is 153 cm³/mol. The Morgan fingerprint density at radius 2 is 1.85 bits per heavy atom. The van der Waals surface area contributed by atoms with Crippen molar-refractivity contribution in [3.05, 3.63) is 87.5 Å². The van der Waals surface area contributed by atoms with Gasteiger partial charge in [0.25, 0.3) is 5.56 Å². The number of morpholine rings is 1. The zero-order valence-electron chi connectivity index (χ0n) is 23.2. The van der Waals surface area contributed by atoms with Crippen LogP contribution in [0.2, 0.25) is 0 Å². The number of tetrazole rings is 1. The minimum Gasteiger partial charge on any atom is -0.379 e. The molecule has 3 heterocycles. The van der Waals surface area contributed by atoms with E-state index in [0.29, 0.717) is 13.1 Å². The second-order valence-electron chi connectivity index (χ2n) is 10.8. The number of rotatable bonds is 11. The number of aryl methyl sites for hydroxylation is 3.